The molecule has 1 aliphatic rings. The van der Waals surface area contributed by atoms with Gasteiger partial charge < -0.3 is 20.5 Å². The van der Waals surface area contributed by atoms with E-state index < -0.39 is 39.0 Å². The molecule has 2 aromatic rings. The van der Waals surface area contributed by atoms with Gasteiger partial charge in [0, 0.05) is 32.3 Å². The monoisotopic (exact) mass is 527 g/mol. The molecule has 0 aliphatic carbocycles. The molecule has 0 amide bonds. The minimum absolute atomic E-state index is 0.0441. The van der Waals surface area contributed by atoms with Crippen molar-refractivity contribution in [3.8, 4) is 5.75 Å². The Hall–Kier alpha value is -3.39. The van der Waals surface area contributed by atoms with E-state index in [1.54, 1.807) is 0 Å². The summed E-state index contributed by atoms with van der Waals surface area (Å²) in [5, 5.41) is 3.06. The first-order valence-corrected chi connectivity index (χ1v) is 12.7. The predicted molar refractivity (Wildman–Crippen MR) is 126 cm³/mol. The molecular formula is C22H27F2N5O6S. The fourth-order valence-corrected chi connectivity index (χ4v) is 5.24. The lowest BCUT2D eigenvalue weighted by Gasteiger charge is -2.31. The van der Waals surface area contributed by atoms with Crippen LogP contribution in [0.4, 0.5) is 20.5 Å². The highest BCUT2D eigenvalue weighted by Crippen LogP contribution is 2.28. The number of carbonyl (C=O) groups excluding carboxylic acids is 2. The summed E-state index contributed by atoms with van der Waals surface area (Å²) in [7, 11) is -2.26. The number of nitrogens with zero attached hydrogens (tertiary/aromatic N) is 3. The van der Waals surface area contributed by atoms with Gasteiger partial charge in [0.05, 0.1) is 25.0 Å². The topological polar surface area (TPSA) is 154 Å². The second-order valence-corrected chi connectivity index (χ2v) is 10.2. The summed E-state index contributed by atoms with van der Waals surface area (Å²) in [6, 6.07) is 1.82. The van der Waals surface area contributed by atoms with Gasteiger partial charge in [0.15, 0.2) is 11.6 Å². The lowest BCUT2D eigenvalue weighted by atomic mass is 10.0. The van der Waals surface area contributed by atoms with E-state index in [2.05, 4.69) is 15.3 Å². The number of esters is 1. The van der Waals surface area contributed by atoms with E-state index in [1.807, 2.05) is 0 Å². The van der Waals surface area contributed by atoms with Crippen LogP contribution in [-0.4, -0.2) is 73.0 Å². The number of rotatable bonds is 10. The van der Waals surface area contributed by atoms with Crippen LogP contribution in [0.1, 0.15) is 42.1 Å². The van der Waals surface area contributed by atoms with Crippen LogP contribution in [0.5, 0.6) is 5.75 Å². The molecule has 0 bridgehead atoms. The van der Waals surface area contributed by atoms with Crippen molar-refractivity contribution in [2.45, 2.75) is 32.2 Å². The number of methoxy groups -OCH3 is 1. The summed E-state index contributed by atoms with van der Waals surface area (Å²) >= 11 is 0. The molecule has 0 atom stereocenters. The second kappa shape index (κ2) is 11.6. The number of hydrogen-bond donors (Lipinski definition) is 2. The second-order valence-electron chi connectivity index (χ2n) is 8.09. The third-order valence-corrected chi connectivity index (χ3v) is 7.56. The first-order valence-electron chi connectivity index (χ1n) is 11.1. The average Bonchev–Trinajstić information content (AvgIpc) is 2.83. The third-order valence-electron chi connectivity index (χ3n) is 5.60. The first kappa shape index (κ1) is 27.2. The van der Waals surface area contributed by atoms with E-state index in [4.69, 9.17) is 15.2 Å². The first-order chi connectivity index (χ1) is 17.0. The maximum atomic E-state index is 14.3. The van der Waals surface area contributed by atoms with E-state index in [0.717, 1.165) is 18.3 Å². The molecule has 196 valence electrons. The number of benzene rings is 1. The Morgan fingerprint density at radius 1 is 1.25 bits per heavy atom. The molecule has 1 aromatic carbocycles. The molecule has 3 N–H and O–H groups in total. The van der Waals surface area contributed by atoms with Gasteiger partial charge in [-0.05, 0) is 31.4 Å². The Morgan fingerprint density at radius 2 is 1.94 bits per heavy atom. The summed E-state index contributed by atoms with van der Waals surface area (Å²) in [5.74, 6) is -4.38. The zero-order valence-corrected chi connectivity index (χ0v) is 20.6. The quantitative estimate of drug-likeness (QED) is 0.265. The number of nitrogen functional groups attached to an aromatic ring is 1. The standard InChI is InChI=1S/C22H27F2N5O6S/c1-13(30)35-10-3-11-36(32,33)29-8-6-14(7-9-29)27-22-26-12-15(21(25)28-22)20(31)18-17(34-2)5-4-16(23)19(18)24/h4-5,12,14H,3,6-11H2,1-2H3,(H3,25,26,27,28). The van der Waals surface area contributed by atoms with Gasteiger partial charge in [-0.15, -0.1) is 0 Å². The zero-order chi connectivity index (χ0) is 26.5. The number of carbonyl (C=O) groups is 2. The normalized spacial score (nSPS) is 14.9. The number of sulfonamides is 1. The Labute approximate surface area is 207 Å². The predicted octanol–water partition coefficient (Wildman–Crippen LogP) is 1.74. The van der Waals surface area contributed by atoms with Gasteiger partial charge in [0.2, 0.25) is 21.8 Å². The van der Waals surface area contributed by atoms with Gasteiger partial charge in [0.25, 0.3) is 0 Å². The highest BCUT2D eigenvalue weighted by atomic mass is 32.2. The summed E-state index contributed by atoms with van der Waals surface area (Å²) in [5.41, 5.74) is 5.07. The molecule has 1 fully saturated rings. The van der Waals surface area contributed by atoms with Crippen molar-refractivity contribution in [1.82, 2.24) is 14.3 Å². The number of ketones is 1. The van der Waals surface area contributed by atoms with Crippen molar-refractivity contribution in [2.24, 2.45) is 0 Å². The molecule has 11 nitrogen and oxygen atoms in total. The van der Waals surface area contributed by atoms with Gasteiger partial charge in [-0.2, -0.15) is 4.98 Å². The van der Waals surface area contributed by atoms with Crippen LogP contribution in [0.15, 0.2) is 18.3 Å². The van der Waals surface area contributed by atoms with Crippen LogP contribution < -0.4 is 15.8 Å². The summed E-state index contributed by atoms with van der Waals surface area (Å²) in [4.78, 5) is 31.7. The SMILES string of the molecule is COc1ccc(F)c(F)c1C(=O)c1cnc(NC2CCN(S(=O)(=O)CCCOC(C)=O)CC2)nc1N. The molecule has 0 radical (unpaired) electrons. The zero-order valence-electron chi connectivity index (χ0n) is 19.8. The van der Waals surface area contributed by atoms with E-state index in [0.29, 0.717) is 12.8 Å². The molecule has 0 unspecified atom stereocenters. The van der Waals surface area contributed by atoms with E-state index >= 15 is 0 Å². The molecule has 0 saturated carbocycles. The maximum absolute atomic E-state index is 14.3. The lowest BCUT2D eigenvalue weighted by Crippen LogP contribution is -2.43. The number of piperidine rings is 1. The Kier molecular flexibility index (Phi) is 8.74. The van der Waals surface area contributed by atoms with Crippen LogP contribution in [-0.2, 0) is 19.6 Å². The molecule has 2 heterocycles. The molecule has 0 spiro atoms. The molecule has 1 aliphatic heterocycles. The smallest absolute Gasteiger partial charge is 0.302 e. The summed E-state index contributed by atoms with van der Waals surface area (Å²) in [6.45, 7) is 1.86. The minimum atomic E-state index is -3.48. The Balaban J connectivity index is 1.61. The van der Waals surface area contributed by atoms with Gasteiger partial charge in [0.1, 0.15) is 17.1 Å². The van der Waals surface area contributed by atoms with E-state index in [-0.39, 0.29) is 61.0 Å². The fourth-order valence-electron chi connectivity index (χ4n) is 3.74. The van der Waals surface area contributed by atoms with Crippen LogP contribution in [0, 0.1) is 11.6 Å². The van der Waals surface area contributed by atoms with Crippen molar-refractivity contribution in [3.63, 3.8) is 0 Å². The molecule has 36 heavy (non-hydrogen) atoms. The largest absolute Gasteiger partial charge is 0.496 e. The fraction of sp³-hybridized carbons (Fsp3) is 0.455. The number of halogens is 2. The highest BCUT2D eigenvalue weighted by Gasteiger charge is 2.29. The van der Waals surface area contributed by atoms with E-state index in [9.17, 15) is 26.8 Å². The number of ether oxygens (including phenoxy) is 2. The van der Waals surface area contributed by atoms with Crippen molar-refractivity contribution in [2.75, 3.05) is 43.6 Å². The average molecular weight is 528 g/mol. The summed E-state index contributed by atoms with van der Waals surface area (Å²) < 4.78 is 64.1. The molecule has 3 rings (SSSR count). The van der Waals surface area contributed by atoms with Crippen molar-refractivity contribution in [1.29, 1.82) is 0 Å². The van der Waals surface area contributed by atoms with Crippen molar-refractivity contribution >= 4 is 33.5 Å². The molecular weight excluding hydrogens is 500 g/mol. The van der Waals surface area contributed by atoms with Crippen LogP contribution in [0.2, 0.25) is 0 Å². The lowest BCUT2D eigenvalue weighted by molar-refractivity contribution is -0.140. The van der Waals surface area contributed by atoms with Gasteiger partial charge in [-0.25, -0.2) is 26.5 Å². The Bertz CT molecular complexity index is 1240. The van der Waals surface area contributed by atoms with Crippen LogP contribution >= 0.6 is 0 Å². The van der Waals surface area contributed by atoms with Gasteiger partial charge >= 0.3 is 5.97 Å². The van der Waals surface area contributed by atoms with Crippen molar-refractivity contribution in [3.05, 3.63) is 41.1 Å². The molecule has 1 saturated heterocycles. The Morgan fingerprint density at radius 3 is 2.56 bits per heavy atom. The van der Waals surface area contributed by atoms with Gasteiger partial charge in [-0.1, -0.05) is 0 Å². The minimum Gasteiger partial charge on any atom is -0.496 e. The van der Waals surface area contributed by atoms with Gasteiger partial charge in [-0.3, -0.25) is 9.59 Å². The summed E-state index contributed by atoms with van der Waals surface area (Å²) in [6.07, 6.45) is 2.26. The number of nitrogens with two attached hydrogens (primary N) is 1. The third kappa shape index (κ3) is 6.43. The molecule has 1 aromatic heterocycles. The number of hydrogen-bond acceptors (Lipinski definition) is 10. The number of anilines is 2. The number of nitrogens with one attached hydrogen (secondary N) is 1. The maximum Gasteiger partial charge on any atom is 0.302 e. The van der Waals surface area contributed by atoms with E-state index in [1.165, 1.54) is 18.3 Å². The molecule has 14 heteroatoms. The van der Waals surface area contributed by atoms with Crippen LogP contribution in [0.25, 0.3) is 0 Å². The van der Waals surface area contributed by atoms with Crippen LogP contribution in [0.3, 0.4) is 0 Å². The highest BCUT2D eigenvalue weighted by molar-refractivity contribution is 7.89. The van der Waals surface area contributed by atoms with Crippen molar-refractivity contribution < 1.29 is 36.3 Å². The number of aromatic nitrogens is 2.